The van der Waals surface area contributed by atoms with Crippen LogP contribution >= 0.6 is 0 Å². The van der Waals surface area contributed by atoms with E-state index in [2.05, 4.69) is 11.4 Å². The van der Waals surface area contributed by atoms with E-state index in [1.807, 2.05) is 57.2 Å². The predicted octanol–water partition coefficient (Wildman–Crippen LogP) is 3.80. The van der Waals surface area contributed by atoms with Gasteiger partial charge >= 0.3 is 0 Å². The van der Waals surface area contributed by atoms with Crippen LogP contribution in [0.4, 0.5) is 0 Å². The van der Waals surface area contributed by atoms with Crippen LogP contribution < -0.4 is 10.1 Å². The number of hydrogen-bond acceptors (Lipinski definition) is 3. The van der Waals surface area contributed by atoms with Gasteiger partial charge in [-0.05, 0) is 50.5 Å². The SMILES string of the molecule is CCCNC(=O)[C@@H](C)N(Cc1cccc(OC)c1)C(=O)Cc1cc(C)cc(C)c1. The second kappa shape index (κ2) is 10.6. The first kappa shape index (κ1) is 22.5. The predicted molar refractivity (Wildman–Crippen MR) is 116 cm³/mol. The van der Waals surface area contributed by atoms with E-state index in [9.17, 15) is 9.59 Å². The van der Waals surface area contributed by atoms with Gasteiger partial charge in [0, 0.05) is 13.1 Å². The zero-order valence-electron chi connectivity index (χ0n) is 18.1. The highest BCUT2D eigenvalue weighted by molar-refractivity contribution is 5.88. The Morgan fingerprint density at radius 2 is 1.76 bits per heavy atom. The van der Waals surface area contributed by atoms with Crippen molar-refractivity contribution < 1.29 is 14.3 Å². The maximum absolute atomic E-state index is 13.2. The van der Waals surface area contributed by atoms with Gasteiger partial charge in [-0.3, -0.25) is 9.59 Å². The molecule has 1 atom stereocenters. The molecule has 2 aromatic rings. The Bertz CT molecular complexity index is 828. The van der Waals surface area contributed by atoms with Gasteiger partial charge in [-0.25, -0.2) is 0 Å². The van der Waals surface area contributed by atoms with Crippen molar-refractivity contribution in [3.63, 3.8) is 0 Å². The van der Waals surface area contributed by atoms with Crippen LogP contribution in [0, 0.1) is 13.8 Å². The largest absolute Gasteiger partial charge is 0.497 e. The van der Waals surface area contributed by atoms with E-state index in [4.69, 9.17) is 4.74 Å². The number of benzene rings is 2. The minimum atomic E-state index is -0.564. The normalized spacial score (nSPS) is 11.6. The van der Waals surface area contributed by atoms with Crippen molar-refractivity contribution in [2.75, 3.05) is 13.7 Å². The van der Waals surface area contributed by atoms with Crippen LogP contribution in [0.15, 0.2) is 42.5 Å². The summed E-state index contributed by atoms with van der Waals surface area (Å²) < 4.78 is 5.30. The van der Waals surface area contributed by atoms with Crippen molar-refractivity contribution in [2.24, 2.45) is 0 Å². The summed E-state index contributed by atoms with van der Waals surface area (Å²) in [5.74, 6) is 0.521. The number of methoxy groups -OCH3 is 1. The van der Waals surface area contributed by atoms with Crippen LogP contribution in [0.3, 0.4) is 0 Å². The third-order valence-electron chi connectivity index (χ3n) is 4.84. The van der Waals surface area contributed by atoms with Gasteiger partial charge in [0.1, 0.15) is 11.8 Å². The van der Waals surface area contributed by atoms with Crippen molar-refractivity contribution in [1.29, 1.82) is 0 Å². The van der Waals surface area contributed by atoms with Gasteiger partial charge in [-0.1, -0.05) is 48.4 Å². The number of aryl methyl sites for hydroxylation is 2. The van der Waals surface area contributed by atoms with E-state index >= 15 is 0 Å². The van der Waals surface area contributed by atoms with Gasteiger partial charge in [-0.2, -0.15) is 0 Å². The number of amides is 2. The molecule has 0 aliphatic rings. The summed E-state index contributed by atoms with van der Waals surface area (Å²) in [6, 6.07) is 13.2. The number of nitrogens with one attached hydrogen (secondary N) is 1. The molecule has 0 spiro atoms. The molecule has 0 fully saturated rings. The highest BCUT2D eigenvalue weighted by Gasteiger charge is 2.26. The third-order valence-corrected chi connectivity index (χ3v) is 4.84. The first-order valence-corrected chi connectivity index (χ1v) is 10.1. The Labute approximate surface area is 174 Å². The number of nitrogens with zero attached hydrogens (tertiary/aromatic N) is 1. The second-order valence-corrected chi connectivity index (χ2v) is 7.51. The molecular formula is C24H32N2O3. The summed E-state index contributed by atoms with van der Waals surface area (Å²) in [4.78, 5) is 27.5. The van der Waals surface area contributed by atoms with Gasteiger partial charge in [0.25, 0.3) is 0 Å². The number of carbonyl (C=O) groups is 2. The highest BCUT2D eigenvalue weighted by atomic mass is 16.5. The molecular weight excluding hydrogens is 364 g/mol. The summed E-state index contributed by atoms with van der Waals surface area (Å²) in [6.07, 6.45) is 1.11. The molecule has 0 aliphatic carbocycles. The number of carbonyl (C=O) groups excluding carboxylic acids is 2. The van der Waals surface area contributed by atoms with Crippen LogP contribution in [-0.2, 0) is 22.6 Å². The Morgan fingerprint density at radius 1 is 1.07 bits per heavy atom. The second-order valence-electron chi connectivity index (χ2n) is 7.51. The zero-order chi connectivity index (χ0) is 21.4. The van der Waals surface area contributed by atoms with Gasteiger partial charge in [-0.15, -0.1) is 0 Å². The molecule has 0 saturated carbocycles. The number of hydrogen-bond donors (Lipinski definition) is 1. The fraction of sp³-hybridized carbons (Fsp3) is 0.417. The molecule has 0 saturated heterocycles. The van der Waals surface area contributed by atoms with E-state index in [1.165, 1.54) is 0 Å². The van der Waals surface area contributed by atoms with Crippen molar-refractivity contribution in [1.82, 2.24) is 10.2 Å². The minimum Gasteiger partial charge on any atom is -0.497 e. The minimum absolute atomic E-state index is 0.0723. The number of ether oxygens (including phenoxy) is 1. The highest BCUT2D eigenvalue weighted by Crippen LogP contribution is 2.18. The Balaban J connectivity index is 2.26. The summed E-state index contributed by atoms with van der Waals surface area (Å²) in [5.41, 5.74) is 4.14. The molecule has 0 unspecified atom stereocenters. The maximum atomic E-state index is 13.2. The first-order valence-electron chi connectivity index (χ1n) is 10.1. The van der Waals surface area contributed by atoms with Crippen molar-refractivity contribution in [3.8, 4) is 5.75 Å². The van der Waals surface area contributed by atoms with Crippen LogP contribution in [0.5, 0.6) is 5.75 Å². The molecule has 0 bridgehead atoms. The van der Waals surface area contributed by atoms with Crippen LogP contribution in [-0.4, -0.2) is 36.4 Å². The Hall–Kier alpha value is -2.82. The van der Waals surface area contributed by atoms with Crippen LogP contribution in [0.2, 0.25) is 0 Å². The summed E-state index contributed by atoms with van der Waals surface area (Å²) in [7, 11) is 1.61. The lowest BCUT2D eigenvalue weighted by atomic mass is 10.0. The van der Waals surface area contributed by atoms with Gasteiger partial charge in [0.15, 0.2) is 0 Å². The molecule has 156 valence electrons. The Kier molecular flexibility index (Phi) is 8.25. The number of rotatable bonds is 9. The molecule has 2 aromatic carbocycles. The molecule has 0 heterocycles. The maximum Gasteiger partial charge on any atom is 0.242 e. The van der Waals surface area contributed by atoms with E-state index in [0.717, 1.165) is 34.4 Å². The lowest BCUT2D eigenvalue weighted by Gasteiger charge is -2.29. The van der Waals surface area contributed by atoms with Gasteiger partial charge < -0.3 is 15.0 Å². The standard InChI is InChI=1S/C24H32N2O3/c1-6-10-25-24(28)19(4)26(16-20-8-7-9-22(14-20)29-5)23(27)15-21-12-17(2)11-18(3)13-21/h7-9,11-14,19H,6,10,15-16H2,1-5H3,(H,25,28)/t19-/m1/s1. The summed E-state index contributed by atoms with van der Waals surface area (Å²) in [6.45, 7) is 8.78. The van der Waals surface area contributed by atoms with Crippen molar-refractivity contribution >= 4 is 11.8 Å². The fourth-order valence-electron chi connectivity index (χ4n) is 3.39. The zero-order valence-corrected chi connectivity index (χ0v) is 18.1. The smallest absolute Gasteiger partial charge is 0.242 e. The molecule has 5 nitrogen and oxygen atoms in total. The lowest BCUT2D eigenvalue weighted by Crippen LogP contribution is -2.48. The molecule has 0 radical (unpaired) electrons. The van der Waals surface area contributed by atoms with Gasteiger partial charge in [0.05, 0.1) is 13.5 Å². The average Bonchev–Trinajstić information content (AvgIpc) is 2.68. The average molecular weight is 397 g/mol. The molecule has 2 rings (SSSR count). The summed E-state index contributed by atoms with van der Waals surface area (Å²) in [5, 5.41) is 2.90. The van der Waals surface area contributed by atoms with E-state index in [1.54, 1.807) is 18.9 Å². The fourth-order valence-corrected chi connectivity index (χ4v) is 3.39. The van der Waals surface area contributed by atoms with Crippen molar-refractivity contribution in [3.05, 3.63) is 64.7 Å². The lowest BCUT2D eigenvalue weighted by molar-refractivity contribution is -0.140. The Morgan fingerprint density at radius 3 is 2.38 bits per heavy atom. The van der Waals surface area contributed by atoms with E-state index in [-0.39, 0.29) is 18.2 Å². The third kappa shape index (κ3) is 6.63. The molecule has 5 heteroatoms. The van der Waals surface area contributed by atoms with Gasteiger partial charge in [0.2, 0.25) is 11.8 Å². The molecule has 1 N–H and O–H groups in total. The monoisotopic (exact) mass is 396 g/mol. The quantitative estimate of drug-likeness (QED) is 0.701. The van der Waals surface area contributed by atoms with Crippen molar-refractivity contribution in [2.45, 2.75) is 53.1 Å². The molecule has 2 amide bonds. The topological polar surface area (TPSA) is 58.6 Å². The van der Waals surface area contributed by atoms with Crippen LogP contribution in [0.25, 0.3) is 0 Å². The van der Waals surface area contributed by atoms with E-state index in [0.29, 0.717) is 13.1 Å². The van der Waals surface area contributed by atoms with E-state index < -0.39 is 6.04 Å². The molecule has 0 aliphatic heterocycles. The summed E-state index contributed by atoms with van der Waals surface area (Å²) >= 11 is 0. The molecule has 0 aromatic heterocycles. The van der Waals surface area contributed by atoms with Crippen LogP contribution in [0.1, 0.15) is 42.5 Å². The molecule has 29 heavy (non-hydrogen) atoms. The first-order chi connectivity index (χ1) is 13.8.